The van der Waals surface area contributed by atoms with Gasteiger partial charge >= 0.3 is 0 Å². The lowest BCUT2D eigenvalue weighted by atomic mass is 9.86. The maximum Gasteiger partial charge on any atom is 0.294 e. The molecule has 0 bridgehead atoms. The minimum atomic E-state index is -4.02. The van der Waals surface area contributed by atoms with E-state index in [9.17, 15) is 13.5 Å². The minimum absolute atomic E-state index is 0.0666. The van der Waals surface area contributed by atoms with E-state index in [0.29, 0.717) is 16.6 Å². The van der Waals surface area contributed by atoms with Gasteiger partial charge in [0.1, 0.15) is 5.75 Å². The second-order valence-electron chi connectivity index (χ2n) is 13.8. The summed E-state index contributed by atoms with van der Waals surface area (Å²) in [5, 5.41) is 9.47. The summed E-state index contributed by atoms with van der Waals surface area (Å²) in [6.07, 6.45) is 2.24. The maximum absolute atomic E-state index is 10.5. The van der Waals surface area contributed by atoms with Crippen LogP contribution in [0.5, 0.6) is 5.75 Å². The SMILES string of the molecule is CC.CC(C)(C)C.CC(C)(C)Cc1ccccc1O.CC(C)CC(C)(C)C.Cc1ccc(S(=O)(=O)O)cc1. The smallest absolute Gasteiger partial charge is 0.294 e. The van der Waals surface area contributed by atoms with E-state index in [1.165, 1.54) is 18.6 Å². The van der Waals surface area contributed by atoms with Crippen LogP contribution in [0.1, 0.15) is 114 Å². The van der Waals surface area contributed by atoms with Crippen molar-refractivity contribution in [3.63, 3.8) is 0 Å². The molecule has 0 radical (unpaired) electrons. The highest BCUT2D eigenvalue weighted by atomic mass is 32.2. The van der Waals surface area contributed by atoms with Crippen molar-refractivity contribution in [2.75, 3.05) is 0 Å². The van der Waals surface area contributed by atoms with E-state index in [2.05, 4.69) is 83.1 Å². The second kappa shape index (κ2) is 18.4. The Labute approximate surface area is 237 Å². The van der Waals surface area contributed by atoms with Crippen LogP contribution >= 0.6 is 0 Å². The average Bonchev–Trinajstić information content (AvgIpc) is 2.68. The van der Waals surface area contributed by atoms with Crippen molar-refractivity contribution < 1.29 is 18.1 Å². The number of hydrogen-bond donors (Lipinski definition) is 2. The van der Waals surface area contributed by atoms with Crippen LogP contribution in [0.4, 0.5) is 0 Å². The van der Waals surface area contributed by atoms with Gasteiger partial charge in [0.15, 0.2) is 0 Å². The van der Waals surface area contributed by atoms with Gasteiger partial charge in [-0.05, 0) is 65.7 Å². The van der Waals surface area contributed by atoms with Gasteiger partial charge in [0.05, 0.1) is 4.90 Å². The van der Waals surface area contributed by atoms with Crippen LogP contribution in [0, 0.1) is 29.1 Å². The van der Waals surface area contributed by atoms with E-state index in [1.54, 1.807) is 18.2 Å². The molecule has 222 valence electrons. The van der Waals surface area contributed by atoms with Crippen LogP contribution in [-0.4, -0.2) is 18.1 Å². The molecule has 0 aliphatic heterocycles. The molecule has 0 saturated carbocycles. The van der Waals surface area contributed by atoms with Crippen LogP contribution in [-0.2, 0) is 16.5 Å². The molecule has 2 aromatic rings. The normalized spacial score (nSPS) is 11.4. The summed E-state index contributed by atoms with van der Waals surface area (Å²) < 4.78 is 29.6. The van der Waals surface area contributed by atoms with Gasteiger partial charge < -0.3 is 5.11 Å². The molecule has 0 fully saturated rings. The lowest BCUT2D eigenvalue weighted by molar-refractivity contribution is 0.320. The van der Waals surface area contributed by atoms with Gasteiger partial charge in [0.25, 0.3) is 10.1 Å². The van der Waals surface area contributed by atoms with E-state index in [0.717, 1.165) is 23.5 Å². The fourth-order valence-corrected chi connectivity index (χ4v) is 3.65. The predicted molar refractivity (Wildman–Crippen MR) is 168 cm³/mol. The van der Waals surface area contributed by atoms with Crippen molar-refractivity contribution in [2.45, 2.75) is 122 Å². The third-order valence-electron chi connectivity index (χ3n) is 4.05. The Bertz CT molecular complexity index is 948. The zero-order valence-corrected chi connectivity index (χ0v) is 28.0. The Morgan fingerprint density at radius 3 is 1.39 bits per heavy atom. The van der Waals surface area contributed by atoms with Crippen LogP contribution in [0.3, 0.4) is 0 Å². The Morgan fingerprint density at radius 2 is 1.13 bits per heavy atom. The van der Waals surface area contributed by atoms with Crippen molar-refractivity contribution >= 4 is 10.1 Å². The molecule has 0 amide bonds. The van der Waals surface area contributed by atoms with Crippen LogP contribution in [0.25, 0.3) is 0 Å². The van der Waals surface area contributed by atoms with E-state index in [1.807, 2.05) is 39.0 Å². The molecule has 5 heteroatoms. The third kappa shape index (κ3) is 30.4. The highest BCUT2D eigenvalue weighted by molar-refractivity contribution is 7.85. The van der Waals surface area contributed by atoms with Crippen LogP contribution in [0.2, 0.25) is 0 Å². The van der Waals surface area contributed by atoms with Crippen molar-refractivity contribution in [1.82, 2.24) is 0 Å². The van der Waals surface area contributed by atoms with Gasteiger partial charge in [-0.2, -0.15) is 8.42 Å². The molecular formula is C33H60O4S. The standard InChI is InChI=1S/C11H16O.C8H18.C7H8O3S.C5H12.C2H6/c1-11(2,3)8-9-6-4-5-7-10(9)12;1-7(2)6-8(3,4)5;1-6-2-4-7(5-3-6)11(8,9)10;1-5(2,3)4;1-2/h4-7,12H,8H2,1-3H3;7H,6H2,1-5H3;2-5H,1H3,(H,8,9,10);1-4H3;1-2H3. The summed E-state index contributed by atoms with van der Waals surface area (Å²) in [4.78, 5) is -0.0666. The Kier molecular flexibility index (Phi) is 19.7. The molecule has 0 aromatic heterocycles. The fourth-order valence-electron chi connectivity index (χ4n) is 3.17. The topological polar surface area (TPSA) is 74.6 Å². The van der Waals surface area contributed by atoms with E-state index >= 15 is 0 Å². The predicted octanol–water partition coefficient (Wildman–Crippen LogP) is 10.4. The number of hydrogen-bond acceptors (Lipinski definition) is 3. The Balaban J connectivity index is -0.000000438. The molecule has 2 N–H and O–H groups in total. The monoisotopic (exact) mass is 552 g/mol. The molecular weight excluding hydrogens is 492 g/mol. The molecule has 0 aliphatic carbocycles. The van der Waals surface area contributed by atoms with E-state index in [-0.39, 0.29) is 10.3 Å². The number of rotatable bonds is 3. The first kappa shape index (κ1) is 40.6. The first-order chi connectivity index (χ1) is 16.9. The highest BCUT2D eigenvalue weighted by Crippen LogP contribution is 2.26. The largest absolute Gasteiger partial charge is 0.508 e. The number of aromatic hydroxyl groups is 1. The summed E-state index contributed by atoms with van der Waals surface area (Å²) in [5.41, 5.74) is 3.25. The zero-order valence-electron chi connectivity index (χ0n) is 27.2. The lowest BCUT2D eigenvalue weighted by Gasteiger charge is -2.19. The lowest BCUT2D eigenvalue weighted by Crippen LogP contribution is -2.08. The highest BCUT2D eigenvalue weighted by Gasteiger charge is 2.13. The average molecular weight is 553 g/mol. The second-order valence-corrected chi connectivity index (χ2v) is 15.2. The molecule has 0 atom stereocenters. The quantitative estimate of drug-likeness (QED) is 0.371. The zero-order chi connectivity index (χ0) is 31.0. The van der Waals surface area contributed by atoms with Crippen molar-refractivity contribution in [1.29, 1.82) is 0 Å². The number of aryl methyl sites for hydroxylation is 1. The molecule has 0 spiro atoms. The number of phenols is 1. The van der Waals surface area contributed by atoms with Crippen molar-refractivity contribution in [2.24, 2.45) is 22.2 Å². The fraction of sp³-hybridized carbons (Fsp3) is 0.636. The molecule has 0 aliphatic rings. The summed E-state index contributed by atoms with van der Waals surface area (Å²) in [6, 6.07) is 13.5. The van der Waals surface area contributed by atoms with Crippen LogP contribution < -0.4 is 0 Å². The molecule has 2 rings (SSSR count). The summed E-state index contributed by atoms with van der Waals surface area (Å²) in [5.74, 6) is 1.25. The van der Waals surface area contributed by atoms with Gasteiger partial charge in [-0.15, -0.1) is 0 Å². The van der Waals surface area contributed by atoms with E-state index in [4.69, 9.17) is 4.55 Å². The third-order valence-corrected chi connectivity index (χ3v) is 4.92. The molecule has 2 aromatic carbocycles. The number of phenolic OH excluding ortho intramolecular Hbond substituents is 1. The maximum atomic E-state index is 10.5. The first-order valence-electron chi connectivity index (χ1n) is 13.7. The van der Waals surface area contributed by atoms with E-state index < -0.39 is 10.1 Å². The van der Waals surface area contributed by atoms with Gasteiger partial charge in [-0.3, -0.25) is 4.55 Å². The molecule has 0 heterocycles. The van der Waals surface area contributed by atoms with Gasteiger partial charge in [0, 0.05) is 0 Å². The Morgan fingerprint density at radius 1 is 0.737 bits per heavy atom. The van der Waals surface area contributed by atoms with Crippen LogP contribution in [0.15, 0.2) is 53.4 Å². The van der Waals surface area contributed by atoms with Gasteiger partial charge in [-0.1, -0.05) is 133 Å². The Hall–Kier alpha value is -1.85. The minimum Gasteiger partial charge on any atom is -0.508 e. The van der Waals surface area contributed by atoms with Crippen molar-refractivity contribution in [3.8, 4) is 5.75 Å². The molecule has 0 unspecified atom stereocenters. The number of benzene rings is 2. The number of para-hydroxylation sites is 1. The van der Waals surface area contributed by atoms with Gasteiger partial charge in [0.2, 0.25) is 0 Å². The molecule has 0 saturated heterocycles. The van der Waals surface area contributed by atoms with Gasteiger partial charge in [-0.25, -0.2) is 0 Å². The molecule has 38 heavy (non-hydrogen) atoms. The summed E-state index contributed by atoms with van der Waals surface area (Å²) in [7, 11) is -4.02. The summed E-state index contributed by atoms with van der Waals surface area (Å²) in [6.45, 7) is 32.5. The van der Waals surface area contributed by atoms with Crippen molar-refractivity contribution in [3.05, 3.63) is 59.7 Å². The summed E-state index contributed by atoms with van der Waals surface area (Å²) >= 11 is 0. The first-order valence-corrected chi connectivity index (χ1v) is 15.2. The molecule has 4 nitrogen and oxygen atoms in total.